The maximum Gasteiger partial charge on any atom is 0.229 e. The van der Waals surface area contributed by atoms with E-state index in [9.17, 15) is 9.59 Å². The van der Waals surface area contributed by atoms with Gasteiger partial charge in [0.1, 0.15) is 0 Å². The van der Waals surface area contributed by atoms with Crippen molar-refractivity contribution in [1.29, 1.82) is 0 Å². The molecule has 3 aliphatic rings. The molecule has 2 amide bonds. The quantitative estimate of drug-likeness (QED) is 0.755. The molecule has 1 N–H and O–H groups in total. The standard InChI is InChI=1S/C25H31N5O3/c31-24(20-9-14-30(16-20)23-2-1-11-26-28-23)27-22-5-3-18(4-6-22)19-7-12-29(13-8-19)25(32)21-10-15-33-17-21/h1-6,11,19-21H,7-10,12-17H2,(H,27,31). The number of benzene rings is 1. The van der Waals surface area contributed by atoms with E-state index < -0.39 is 0 Å². The topological polar surface area (TPSA) is 87.7 Å². The van der Waals surface area contributed by atoms with E-state index in [0.29, 0.717) is 25.7 Å². The number of nitrogens with zero attached hydrogens (tertiary/aromatic N) is 4. The Kier molecular flexibility index (Phi) is 6.53. The third-order valence-corrected chi connectivity index (χ3v) is 7.18. The molecule has 0 bridgehead atoms. The molecule has 0 radical (unpaired) electrons. The van der Waals surface area contributed by atoms with Crippen molar-refractivity contribution in [3.8, 4) is 0 Å². The second kappa shape index (κ2) is 9.87. The minimum Gasteiger partial charge on any atom is -0.381 e. The van der Waals surface area contributed by atoms with E-state index in [4.69, 9.17) is 4.74 Å². The molecule has 5 rings (SSSR count). The average molecular weight is 450 g/mol. The molecular weight excluding hydrogens is 418 g/mol. The molecule has 174 valence electrons. The first-order chi connectivity index (χ1) is 16.2. The number of rotatable bonds is 5. The molecule has 0 spiro atoms. The number of likely N-dealkylation sites (tertiary alicyclic amines) is 1. The van der Waals surface area contributed by atoms with Gasteiger partial charge in [0.15, 0.2) is 5.82 Å². The van der Waals surface area contributed by atoms with Crippen LogP contribution in [0.25, 0.3) is 0 Å². The summed E-state index contributed by atoms with van der Waals surface area (Å²) in [7, 11) is 0. The molecule has 33 heavy (non-hydrogen) atoms. The van der Waals surface area contributed by atoms with Crippen LogP contribution in [-0.2, 0) is 14.3 Å². The summed E-state index contributed by atoms with van der Waals surface area (Å²) in [5.41, 5.74) is 2.11. The van der Waals surface area contributed by atoms with E-state index in [1.165, 1.54) is 5.56 Å². The van der Waals surface area contributed by atoms with Gasteiger partial charge in [-0.3, -0.25) is 9.59 Å². The van der Waals surface area contributed by atoms with Gasteiger partial charge in [0.05, 0.1) is 18.4 Å². The predicted molar refractivity (Wildman–Crippen MR) is 125 cm³/mol. The second-order valence-electron chi connectivity index (χ2n) is 9.28. The van der Waals surface area contributed by atoms with Crippen molar-refractivity contribution in [2.45, 2.75) is 31.6 Å². The highest BCUT2D eigenvalue weighted by molar-refractivity contribution is 5.93. The van der Waals surface area contributed by atoms with Crippen LogP contribution in [0.2, 0.25) is 0 Å². The maximum atomic E-state index is 12.8. The Morgan fingerprint density at radius 1 is 0.970 bits per heavy atom. The molecule has 2 unspecified atom stereocenters. The number of hydrogen-bond donors (Lipinski definition) is 1. The largest absolute Gasteiger partial charge is 0.381 e. The zero-order valence-corrected chi connectivity index (χ0v) is 18.9. The van der Waals surface area contributed by atoms with Crippen molar-refractivity contribution < 1.29 is 14.3 Å². The molecule has 3 saturated heterocycles. The second-order valence-corrected chi connectivity index (χ2v) is 9.28. The smallest absolute Gasteiger partial charge is 0.229 e. The summed E-state index contributed by atoms with van der Waals surface area (Å²) in [6.07, 6.45) is 5.27. The lowest BCUT2D eigenvalue weighted by molar-refractivity contribution is -0.136. The summed E-state index contributed by atoms with van der Waals surface area (Å²) in [5, 5.41) is 11.1. The first kappa shape index (κ1) is 21.8. The normalized spacial score (nSPS) is 23.6. The number of nitrogens with one attached hydrogen (secondary N) is 1. The highest BCUT2D eigenvalue weighted by Crippen LogP contribution is 2.30. The van der Waals surface area contributed by atoms with Crippen LogP contribution in [0.1, 0.15) is 37.2 Å². The fourth-order valence-corrected chi connectivity index (χ4v) is 5.15. The van der Waals surface area contributed by atoms with Gasteiger partial charge >= 0.3 is 0 Å². The Hall–Kier alpha value is -3.00. The van der Waals surface area contributed by atoms with Crippen LogP contribution in [0.5, 0.6) is 0 Å². The van der Waals surface area contributed by atoms with E-state index >= 15 is 0 Å². The lowest BCUT2D eigenvalue weighted by Gasteiger charge is -2.33. The van der Waals surface area contributed by atoms with Crippen LogP contribution < -0.4 is 10.2 Å². The molecular formula is C25H31N5O3. The third kappa shape index (κ3) is 5.00. The van der Waals surface area contributed by atoms with Gasteiger partial charge in [-0.05, 0) is 61.4 Å². The van der Waals surface area contributed by atoms with Crippen molar-refractivity contribution >= 4 is 23.3 Å². The number of aromatic nitrogens is 2. The van der Waals surface area contributed by atoms with Crippen LogP contribution >= 0.6 is 0 Å². The van der Waals surface area contributed by atoms with Gasteiger partial charge in [-0.1, -0.05) is 12.1 Å². The predicted octanol–water partition coefficient (Wildman–Crippen LogP) is 2.68. The van der Waals surface area contributed by atoms with Gasteiger partial charge in [-0.2, -0.15) is 5.10 Å². The van der Waals surface area contributed by atoms with Crippen molar-refractivity contribution in [2.24, 2.45) is 11.8 Å². The maximum absolute atomic E-state index is 12.8. The molecule has 4 heterocycles. The molecule has 1 aromatic carbocycles. The van der Waals surface area contributed by atoms with Gasteiger partial charge in [0.2, 0.25) is 11.8 Å². The Morgan fingerprint density at radius 3 is 2.48 bits per heavy atom. The minimum absolute atomic E-state index is 0.0526. The van der Waals surface area contributed by atoms with E-state index in [0.717, 1.165) is 56.8 Å². The summed E-state index contributed by atoms with van der Waals surface area (Å²) in [6.45, 7) is 4.37. The van der Waals surface area contributed by atoms with Crippen molar-refractivity contribution in [3.05, 3.63) is 48.2 Å². The average Bonchev–Trinajstić information content (AvgIpc) is 3.58. The summed E-state index contributed by atoms with van der Waals surface area (Å²) >= 11 is 0. The number of ether oxygens (including phenoxy) is 1. The zero-order chi connectivity index (χ0) is 22.6. The van der Waals surface area contributed by atoms with E-state index in [1.807, 2.05) is 29.2 Å². The van der Waals surface area contributed by atoms with Crippen LogP contribution in [0.4, 0.5) is 11.5 Å². The molecule has 3 aliphatic heterocycles. The summed E-state index contributed by atoms with van der Waals surface area (Å²) in [6, 6.07) is 12.0. The lowest BCUT2D eigenvalue weighted by atomic mass is 9.89. The number of piperidine rings is 1. The molecule has 0 aliphatic carbocycles. The van der Waals surface area contributed by atoms with Gasteiger partial charge in [-0.15, -0.1) is 5.10 Å². The number of hydrogen-bond acceptors (Lipinski definition) is 6. The molecule has 2 atom stereocenters. The fourth-order valence-electron chi connectivity index (χ4n) is 5.15. The number of carbonyl (C=O) groups excluding carboxylic acids is 2. The van der Waals surface area contributed by atoms with Gasteiger partial charge in [0, 0.05) is 44.7 Å². The van der Waals surface area contributed by atoms with Crippen LogP contribution in [0.3, 0.4) is 0 Å². The molecule has 2 aromatic rings. The molecule has 1 aromatic heterocycles. The Balaban J connectivity index is 1.11. The Morgan fingerprint density at radius 2 is 1.79 bits per heavy atom. The number of amides is 2. The van der Waals surface area contributed by atoms with E-state index in [-0.39, 0.29) is 23.7 Å². The summed E-state index contributed by atoms with van der Waals surface area (Å²) in [4.78, 5) is 29.5. The number of carbonyl (C=O) groups is 2. The highest BCUT2D eigenvalue weighted by atomic mass is 16.5. The molecule has 3 fully saturated rings. The first-order valence-corrected chi connectivity index (χ1v) is 12.0. The van der Waals surface area contributed by atoms with Gasteiger partial charge in [-0.25, -0.2) is 0 Å². The van der Waals surface area contributed by atoms with Gasteiger partial charge < -0.3 is 19.9 Å². The van der Waals surface area contributed by atoms with Crippen LogP contribution in [-0.4, -0.2) is 66.3 Å². The molecule has 0 saturated carbocycles. The highest BCUT2D eigenvalue weighted by Gasteiger charge is 2.31. The Bertz CT molecular complexity index is 954. The third-order valence-electron chi connectivity index (χ3n) is 7.18. The molecule has 8 heteroatoms. The first-order valence-electron chi connectivity index (χ1n) is 12.0. The minimum atomic E-state index is -0.0567. The summed E-state index contributed by atoms with van der Waals surface area (Å²) < 4.78 is 5.37. The lowest BCUT2D eigenvalue weighted by Crippen LogP contribution is -2.41. The van der Waals surface area contributed by atoms with Crippen LogP contribution in [0, 0.1) is 11.8 Å². The molecule has 8 nitrogen and oxygen atoms in total. The monoisotopic (exact) mass is 449 g/mol. The van der Waals surface area contributed by atoms with Gasteiger partial charge in [0.25, 0.3) is 0 Å². The zero-order valence-electron chi connectivity index (χ0n) is 18.9. The van der Waals surface area contributed by atoms with E-state index in [2.05, 4.69) is 32.5 Å². The SMILES string of the molecule is O=C(Nc1ccc(C2CCN(C(=O)C3CCOC3)CC2)cc1)C1CCN(c2cccnn2)C1. The number of anilines is 2. The van der Waals surface area contributed by atoms with Crippen LogP contribution in [0.15, 0.2) is 42.6 Å². The van der Waals surface area contributed by atoms with E-state index in [1.54, 1.807) is 6.20 Å². The Labute approximate surface area is 194 Å². The summed E-state index contributed by atoms with van der Waals surface area (Å²) in [5.74, 6) is 1.58. The van der Waals surface area contributed by atoms with Crippen molar-refractivity contribution in [3.63, 3.8) is 0 Å². The van der Waals surface area contributed by atoms with Crippen molar-refractivity contribution in [2.75, 3.05) is 49.6 Å². The fraction of sp³-hybridized carbons (Fsp3) is 0.520. The van der Waals surface area contributed by atoms with Crippen molar-refractivity contribution in [1.82, 2.24) is 15.1 Å².